The molecule has 3 nitrogen and oxygen atoms in total. The number of nitrogens with zero attached hydrogens (tertiary/aromatic N) is 2. The smallest absolute Gasteiger partial charge is 0.137 e. The van der Waals surface area contributed by atoms with Crippen molar-refractivity contribution in [3.05, 3.63) is 150 Å². The van der Waals surface area contributed by atoms with Crippen LogP contribution in [0.2, 0.25) is 5.02 Å². The highest BCUT2D eigenvalue weighted by molar-refractivity contribution is 6.36. The zero-order valence-corrected chi connectivity index (χ0v) is 24.3. The molecule has 0 N–H and O–H groups in total. The van der Waals surface area contributed by atoms with Crippen LogP contribution in [-0.2, 0) is 6.42 Å². The van der Waals surface area contributed by atoms with E-state index in [1.165, 1.54) is 22.4 Å². The van der Waals surface area contributed by atoms with Crippen molar-refractivity contribution in [3.63, 3.8) is 0 Å². The van der Waals surface area contributed by atoms with Gasteiger partial charge < -0.3 is 14.2 Å². The van der Waals surface area contributed by atoms with Crippen LogP contribution >= 0.6 is 11.6 Å². The molecule has 8 rings (SSSR count). The summed E-state index contributed by atoms with van der Waals surface area (Å²) in [4.78, 5) is 4.65. The Morgan fingerprint density at radius 2 is 1.26 bits per heavy atom. The second kappa shape index (κ2) is 10.7. The molecular formula is C39H29ClN2O. The summed E-state index contributed by atoms with van der Waals surface area (Å²) in [5.41, 5.74) is 10.6. The van der Waals surface area contributed by atoms with Gasteiger partial charge >= 0.3 is 0 Å². The minimum absolute atomic E-state index is 0.719. The van der Waals surface area contributed by atoms with Crippen LogP contribution in [0.1, 0.15) is 12.0 Å². The van der Waals surface area contributed by atoms with Gasteiger partial charge in [-0.25, -0.2) is 0 Å². The van der Waals surface area contributed by atoms with Crippen molar-refractivity contribution in [2.45, 2.75) is 12.8 Å². The fourth-order valence-electron chi connectivity index (χ4n) is 6.46. The Hall–Kier alpha value is -4.99. The summed E-state index contributed by atoms with van der Waals surface area (Å²) >= 11 is 7.47. The molecule has 2 heterocycles. The summed E-state index contributed by atoms with van der Waals surface area (Å²) < 4.78 is 6.31. The summed E-state index contributed by atoms with van der Waals surface area (Å²) in [6.45, 7) is 0.925. The van der Waals surface area contributed by atoms with Crippen LogP contribution < -0.4 is 9.80 Å². The average Bonchev–Trinajstić information content (AvgIpc) is 3.46. The Bertz CT molecular complexity index is 2080. The molecule has 0 bridgehead atoms. The lowest BCUT2D eigenvalue weighted by molar-refractivity contribution is 0.669. The standard InChI is InChI=1S/C39H29ClN2O/c40-39-34(41-26-10-14-29-13-4-6-16-32(29)41)18-8-19-35(39)42(30-24-22-28(23-25-30)27-11-2-1-3-12-27)33-17-9-21-37-38(33)31-15-5-7-20-36(31)43-37/h1-9,11-13,15-25H,10,14,26H2. The molecule has 0 aliphatic carbocycles. The van der Waals surface area contributed by atoms with E-state index in [1.54, 1.807) is 0 Å². The lowest BCUT2D eigenvalue weighted by atomic mass is 10.0. The van der Waals surface area contributed by atoms with Crippen LogP contribution in [0.25, 0.3) is 33.1 Å². The first kappa shape index (κ1) is 25.7. The Kier molecular flexibility index (Phi) is 6.39. The highest BCUT2D eigenvalue weighted by atomic mass is 35.5. The topological polar surface area (TPSA) is 19.6 Å². The van der Waals surface area contributed by atoms with E-state index in [9.17, 15) is 0 Å². The zero-order chi connectivity index (χ0) is 28.8. The highest BCUT2D eigenvalue weighted by Gasteiger charge is 2.25. The Labute approximate surface area is 256 Å². The van der Waals surface area contributed by atoms with Crippen molar-refractivity contribution >= 4 is 62.0 Å². The molecule has 1 aromatic heterocycles. The van der Waals surface area contributed by atoms with Crippen LogP contribution in [0.3, 0.4) is 0 Å². The summed E-state index contributed by atoms with van der Waals surface area (Å²) in [6, 6.07) is 48.7. The molecule has 0 spiro atoms. The Morgan fingerprint density at radius 3 is 2.14 bits per heavy atom. The van der Waals surface area contributed by atoms with Gasteiger partial charge in [0.1, 0.15) is 11.2 Å². The normalized spacial score (nSPS) is 12.9. The molecular weight excluding hydrogens is 548 g/mol. The number of aryl methyl sites for hydroxylation is 1. The van der Waals surface area contributed by atoms with Gasteiger partial charge in [0.25, 0.3) is 0 Å². The third kappa shape index (κ3) is 4.45. The van der Waals surface area contributed by atoms with Crippen molar-refractivity contribution in [3.8, 4) is 11.1 Å². The number of para-hydroxylation sites is 2. The first-order valence-corrected chi connectivity index (χ1v) is 15.1. The molecule has 4 heteroatoms. The van der Waals surface area contributed by atoms with E-state index in [0.717, 1.165) is 69.1 Å². The molecule has 7 aromatic rings. The van der Waals surface area contributed by atoms with Crippen molar-refractivity contribution in [2.75, 3.05) is 16.3 Å². The fourth-order valence-corrected chi connectivity index (χ4v) is 6.77. The van der Waals surface area contributed by atoms with E-state index in [1.807, 2.05) is 24.3 Å². The van der Waals surface area contributed by atoms with Crippen molar-refractivity contribution < 1.29 is 4.42 Å². The molecule has 0 atom stereocenters. The van der Waals surface area contributed by atoms with Crippen LogP contribution in [-0.4, -0.2) is 6.54 Å². The van der Waals surface area contributed by atoms with Gasteiger partial charge in [-0.1, -0.05) is 103 Å². The lowest BCUT2D eigenvalue weighted by Crippen LogP contribution is -2.25. The second-order valence-electron chi connectivity index (χ2n) is 11.0. The van der Waals surface area contributed by atoms with E-state index in [2.05, 4.69) is 125 Å². The predicted octanol–water partition coefficient (Wildman–Crippen LogP) is 11.5. The maximum atomic E-state index is 7.47. The summed E-state index contributed by atoms with van der Waals surface area (Å²) in [5, 5.41) is 2.86. The van der Waals surface area contributed by atoms with E-state index < -0.39 is 0 Å². The number of benzene rings is 6. The average molecular weight is 577 g/mol. The lowest BCUT2D eigenvalue weighted by Gasteiger charge is -2.34. The molecule has 1 aliphatic heterocycles. The monoisotopic (exact) mass is 576 g/mol. The first-order valence-electron chi connectivity index (χ1n) is 14.8. The van der Waals surface area contributed by atoms with Crippen LogP contribution in [0.4, 0.5) is 28.4 Å². The van der Waals surface area contributed by atoms with E-state index >= 15 is 0 Å². The zero-order valence-electron chi connectivity index (χ0n) is 23.6. The summed E-state index contributed by atoms with van der Waals surface area (Å²) in [7, 11) is 0. The van der Waals surface area contributed by atoms with Gasteiger partial charge in [-0.15, -0.1) is 0 Å². The molecule has 1 aliphatic rings. The molecule has 208 valence electrons. The van der Waals surface area contributed by atoms with Crippen molar-refractivity contribution in [2.24, 2.45) is 0 Å². The third-order valence-electron chi connectivity index (χ3n) is 8.45. The van der Waals surface area contributed by atoms with Gasteiger partial charge in [0.15, 0.2) is 0 Å². The SMILES string of the molecule is Clc1c(N2CCCc3ccccc32)cccc1N(c1ccc(-c2ccccc2)cc1)c1cccc2oc3ccccc3c12. The van der Waals surface area contributed by atoms with E-state index in [0.29, 0.717) is 0 Å². The Morgan fingerprint density at radius 1 is 0.581 bits per heavy atom. The van der Waals surface area contributed by atoms with Crippen molar-refractivity contribution in [1.29, 1.82) is 0 Å². The molecule has 0 amide bonds. The summed E-state index contributed by atoms with van der Waals surface area (Å²) in [6.07, 6.45) is 2.17. The molecule has 0 radical (unpaired) electrons. The first-order chi connectivity index (χ1) is 21.3. The van der Waals surface area contributed by atoms with E-state index in [4.69, 9.17) is 16.0 Å². The number of fused-ring (bicyclic) bond motifs is 4. The number of rotatable bonds is 5. The van der Waals surface area contributed by atoms with Crippen LogP contribution in [0.15, 0.2) is 144 Å². The summed E-state index contributed by atoms with van der Waals surface area (Å²) in [5.74, 6) is 0. The highest BCUT2D eigenvalue weighted by Crippen LogP contribution is 2.48. The molecule has 0 saturated heterocycles. The predicted molar refractivity (Wildman–Crippen MR) is 181 cm³/mol. The van der Waals surface area contributed by atoms with Gasteiger partial charge in [0.2, 0.25) is 0 Å². The number of furan rings is 1. The van der Waals surface area contributed by atoms with Gasteiger partial charge in [-0.05, 0) is 78.1 Å². The van der Waals surface area contributed by atoms with Crippen LogP contribution in [0.5, 0.6) is 0 Å². The van der Waals surface area contributed by atoms with Gasteiger partial charge in [0.05, 0.1) is 27.5 Å². The largest absolute Gasteiger partial charge is 0.456 e. The number of hydrogen-bond donors (Lipinski definition) is 0. The maximum Gasteiger partial charge on any atom is 0.137 e. The molecule has 43 heavy (non-hydrogen) atoms. The minimum atomic E-state index is 0.719. The van der Waals surface area contributed by atoms with Gasteiger partial charge in [-0.2, -0.15) is 0 Å². The maximum absolute atomic E-state index is 7.47. The van der Waals surface area contributed by atoms with Gasteiger partial charge in [0, 0.05) is 23.3 Å². The molecule has 6 aromatic carbocycles. The number of hydrogen-bond acceptors (Lipinski definition) is 3. The molecule has 0 unspecified atom stereocenters. The van der Waals surface area contributed by atoms with E-state index in [-0.39, 0.29) is 0 Å². The minimum Gasteiger partial charge on any atom is -0.456 e. The van der Waals surface area contributed by atoms with Gasteiger partial charge in [-0.3, -0.25) is 0 Å². The van der Waals surface area contributed by atoms with Crippen molar-refractivity contribution in [1.82, 2.24) is 0 Å². The molecule has 0 saturated carbocycles. The number of anilines is 5. The fraction of sp³-hybridized carbons (Fsp3) is 0.0769. The Balaban J connectivity index is 1.34. The second-order valence-corrected chi connectivity index (χ2v) is 11.4. The number of halogens is 1. The quantitative estimate of drug-likeness (QED) is 0.203. The third-order valence-corrected chi connectivity index (χ3v) is 8.84. The molecule has 0 fully saturated rings. The van der Waals surface area contributed by atoms with Crippen LogP contribution in [0, 0.1) is 0 Å².